The molecule has 72 valence electrons. The van der Waals surface area contributed by atoms with Gasteiger partial charge in [0.1, 0.15) is 5.56 Å². The first-order chi connectivity index (χ1) is 6.20. The van der Waals surface area contributed by atoms with E-state index in [0.717, 1.165) is 12.8 Å². The number of carbonyl (C=O) groups is 1. The van der Waals surface area contributed by atoms with Crippen LogP contribution in [0.3, 0.4) is 0 Å². The van der Waals surface area contributed by atoms with E-state index < -0.39 is 0 Å². The van der Waals surface area contributed by atoms with E-state index in [-0.39, 0.29) is 22.8 Å². The van der Waals surface area contributed by atoms with Crippen molar-refractivity contribution in [2.45, 2.75) is 26.7 Å². The van der Waals surface area contributed by atoms with Crippen molar-refractivity contribution < 1.29 is 4.79 Å². The van der Waals surface area contributed by atoms with Crippen molar-refractivity contribution in [3.63, 3.8) is 0 Å². The average Bonchev–Trinajstić information content (AvgIpc) is 2.53. The summed E-state index contributed by atoms with van der Waals surface area (Å²) in [6.07, 6.45) is 2.99. The first-order valence-electron chi connectivity index (χ1n) is 4.50. The number of nitrogens with one attached hydrogen (secondary N) is 2. The molecule has 0 unspecified atom stereocenters. The van der Waals surface area contributed by atoms with E-state index in [0.29, 0.717) is 0 Å². The van der Waals surface area contributed by atoms with Gasteiger partial charge in [-0.05, 0) is 12.8 Å². The maximum atomic E-state index is 11.6. The molecule has 0 aliphatic heterocycles. The molecular formula is C9H14N2O2. The van der Waals surface area contributed by atoms with Crippen LogP contribution in [0.25, 0.3) is 0 Å². The third-order valence-electron chi connectivity index (χ3n) is 2.27. The fraction of sp³-hybridized carbons (Fsp3) is 0.556. The maximum Gasteiger partial charge on any atom is 0.274 e. The molecule has 0 amide bonds. The molecule has 1 heterocycles. The summed E-state index contributed by atoms with van der Waals surface area (Å²) in [7, 11) is 0. The van der Waals surface area contributed by atoms with Crippen molar-refractivity contribution in [3.05, 3.63) is 22.1 Å². The predicted molar refractivity (Wildman–Crippen MR) is 49.8 cm³/mol. The third-order valence-corrected chi connectivity index (χ3v) is 2.27. The van der Waals surface area contributed by atoms with Crippen molar-refractivity contribution in [2.75, 3.05) is 0 Å². The standard InChI is InChI=1S/C9H14N2O2/c1-3-6(4-2)8(12)7-5-10-11-9(7)13/h5-6H,3-4H2,1-2H3,(H2,10,11,13). The van der Waals surface area contributed by atoms with E-state index in [4.69, 9.17) is 0 Å². The minimum Gasteiger partial charge on any atom is -0.305 e. The highest BCUT2D eigenvalue weighted by atomic mass is 16.1. The summed E-state index contributed by atoms with van der Waals surface area (Å²) in [4.78, 5) is 22.7. The SMILES string of the molecule is CCC(CC)C(=O)c1c[nH][nH]c1=O. The van der Waals surface area contributed by atoms with E-state index in [2.05, 4.69) is 10.2 Å². The Hall–Kier alpha value is -1.32. The van der Waals surface area contributed by atoms with Gasteiger partial charge in [-0.25, -0.2) is 0 Å². The number of carbonyl (C=O) groups excluding carboxylic acids is 1. The van der Waals surface area contributed by atoms with Gasteiger partial charge < -0.3 is 5.10 Å². The molecule has 0 saturated carbocycles. The Balaban J connectivity index is 2.90. The van der Waals surface area contributed by atoms with Crippen molar-refractivity contribution >= 4 is 5.78 Å². The lowest BCUT2D eigenvalue weighted by Gasteiger charge is -2.07. The van der Waals surface area contributed by atoms with E-state index in [9.17, 15) is 9.59 Å². The molecule has 0 aliphatic rings. The van der Waals surface area contributed by atoms with Crippen LogP contribution >= 0.6 is 0 Å². The largest absolute Gasteiger partial charge is 0.305 e. The maximum absolute atomic E-state index is 11.6. The zero-order valence-electron chi connectivity index (χ0n) is 7.89. The molecule has 0 fully saturated rings. The zero-order chi connectivity index (χ0) is 9.84. The summed E-state index contributed by atoms with van der Waals surface area (Å²) in [5.74, 6) is -0.0931. The molecule has 0 radical (unpaired) electrons. The lowest BCUT2D eigenvalue weighted by atomic mass is 9.95. The van der Waals surface area contributed by atoms with Crippen LogP contribution in [0.5, 0.6) is 0 Å². The molecule has 13 heavy (non-hydrogen) atoms. The Kier molecular flexibility index (Phi) is 3.06. The molecule has 4 nitrogen and oxygen atoms in total. The summed E-state index contributed by atoms with van der Waals surface area (Å²) in [5, 5.41) is 4.87. The lowest BCUT2D eigenvalue weighted by molar-refractivity contribution is 0.0912. The van der Waals surface area contributed by atoms with Crippen molar-refractivity contribution in [1.82, 2.24) is 10.2 Å². The van der Waals surface area contributed by atoms with Gasteiger partial charge in [0.2, 0.25) is 0 Å². The fourth-order valence-corrected chi connectivity index (χ4v) is 1.37. The summed E-state index contributed by atoms with van der Waals surface area (Å²) in [6.45, 7) is 3.90. The molecule has 0 aliphatic carbocycles. The normalized spacial score (nSPS) is 10.7. The second-order valence-electron chi connectivity index (χ2n) is 3.03. The van der Waals surface area contributed by atoms with Crippen molar-refractivity contribution in [1.29, 1.82) is 0 Å². The van der Waals surface area contributed by atoms with Crippen LogP contribution in [-0.4, -0.2) is 16.0 Å². The fourth-order valence-electron chi connectivity index (χ4n) is 1.37. The molecule has 0 atom stereocenters. The van der Waals surface area contributed by atoms with Gasteiger partial charge in [0.05, 0.1) is 0 Å². The third kappa shape index (κ3) is 1.88. The summed E-state index contributed by atoms with van der Waals surface area (Å²) in [6, 6.07) is 0. The Morgan fingerprint density at radius 3 is 2.46 bits per heavy atom. The first kappa shape index (κ1) is 9.77. The molecule has 4 heteroatoms. The van der Waals surface area contributed by atoms with Crippen LogP contribution in [-0.2, 0) is 0 Å². The van der Waals surface area contributed by atoms with Gasteiger partial charge in [-0.15, -0.1) is 0 Å². The summed E-state index contributed by atoms with van der Waals surface area (Å²) >= 11 is 0. The highest BCUT2D eigenvalue weighted by Gasteiger charge is 2.19. The number of rotatable bonds is 4. The lowest BCUT2D eigenvalue weighted by Crippen LogP contribution is -2.19. The highest BCUT2D eigenvalue weighted by Crippen LogP contribution is 2.12. The van der Waals surface area contributed by atoms with E-state index in [1.807, 2.05) is 13.8 Å². The molecule has 1 rings (SSSR count). The van der Waals surface area contributed by atoms with E-state index in [1.165, 1.54) is 6.20 Å². The summed E-state index contributed by atoms with van der Waals surface area (Å²) in [5.41, 5.74) is -0.0781. The van der Waals surface area contributed by atoms with Gasteiger partial charge in [0, 0.05) is 12.1 Å². The van der Waals surface area contributed by atoms with Gasteiger partial charge in [-0.2, -0.15) is 0 Å². The van der Waals surface area contributed by atoms with Crippen LogP contribution in [0.4, 0.5) is 0 Å². The number of ketones is 1. The summed E-state index contributed by atoms with van der Waals surface area (Å²) < 4.78 is 0. The molecule has 0 spiro atoms. The second-order valence-corrected chi connectivity index (χ2v) is 3.03. The van der Waals surface area contributed by atoms with Crippen LogP contribution in [0.2, 0.25) is 0 Å². The van der Waals surface area contributed by atoms with Crippen molar-refractivity contribution in [3.8, 4) is 0 Å². The Morgan fingerprint density at radius 2 is 2.08 bits per heavy atom. The molecule has 1 aromatic rings. The molecule has 0 bridgehead atoms. The zero-order valence-corrected chi connectivity index (χ0v) is 7.89. The van der Waals surface area contributed by atoms with E-state index in [1.54, 1.807) is 0 Å². The molecule has 0 aromatic carbocycles. The average molecular weight is 182 g/mol. The van der Waals surface area contributed by atoms with Crippen LogP contribution < -0.4 is 5.56 Å². The molecule has 1 aromatic heterocycles. The minimum absolute atomic E-state index is 0.0306. The Bertz CT molecular complexity index is 333. The molecule has 2 N–H and O–H groups in total. The number of aromatic amines is 2. The van der Waals surface area contributed by atoms with Gasteiger partial charge in [0.25, 0.3) is 5.56 Å². The van der Waals surface area contributed by atoms with Crippen LogP contribution in [0, 0.1) is 5.92 Å². The number of hydrogen-bond acceptors (Lipinski definition) is 2. The smallest absolute Gasteiger partial charge is 0.274 e. The number of aromatic nitrogens is 2. The quantitative estimate of drug-likeness (QED) is 0.690. The Labute approximate surface area is 76.3 Å². The highest BCUT2D eigenvalue weighted by molar-refractivity contribution is 5.97. The number of hydrogen-bond donors (Lipinski definition) is 2. The number of H-pyrrole nitrogens is 2. The predicted octanol–water partition coefficient (Wildman–Crippen LogP) is 1.32. The van der Waals surface area contributed by atoms with Crippen LogP contribution in [0.15, 0.2) is 11.0 Å². The van der Waals surface area contributed by atoms with Crippen LogP contribution in [0.1, 0.15) is 37.0 Å². The number of Topliss-reactive ketones (excluding diaryl/α,β-unsaturated/α-hetero) is 1. The van der Waals surface area contributed by atoms with Gasteiger partial charge in [-0.3, -0.25) is 14.7 Å². The van der Waals surface area contributed by atoms with Gasteiger partial charge in [0.15, 0.2) is 5.78 Å². The molecular weight excluding hydrogens is 168 g/mol. The second kappa shape index (κ2) is 4.07. The van der Waals surface area contributed by atoms with E-state index >= 15 is 0 Å². The van der Waals surface area contributed by atoms with Gasteiger partial charge in [-0.1, -0.05) is 13.8 Å². The van der Waals surface area contributed by atoms with Gasteiger partial charge >= 0.3 is 0 Å². The molecule has 0 saturated heterocycles. The minimum atomic E-state index is -0.322. The topological polar surface area (TPSA) is 65.7 Å². The Morgan fingerprint density at radius 1 is 1.46 bits per heavy atom. The van der Waals surface area contributed by atoms with Crippen molar-refractivity contribution in [2.24, 2.45) is 5.92 Å². The monoisotopic (exact) mass is 182 g/mol. The first-order valence-corrected chi connectivity index (χ1v) is 4.50.